The molecular weight excluding hydrogens is 254 g/mol. The Morgan fingerprint density at radius 3 is 2.60 bits per heavy atom. The number of hydrogen-bond acceptors (Lipinski definition) is 5. The summed E-state index contributed by atoms with van der Waals surface area (Å²) in [5.41, 5.74) is 1.61. The van der Waals surface area contributed by atoms with E-state index in [4.69, 9.17) is 0 Å². The number of aromatic nitrogens is 1. The van der Waals surface area contributed by atoms with Gasteiger partial charge in [0.15, 0.2) is 5.82 Å². The molecule has 0 saturated heterocycles. The third kappa shape index (κ3) is 2.93. The Hall–Kier alpha value is -2.43. The van der Waals surface area contributed by atoms with E-state index in [9.17, 15) is 10.2 Å². The van der Waals surface area contributed by atoms with Gasteiger partial charge in [0, 0.05) is 31.9 Å². The number of benzene rings is 1. The number of nitrogens with zero attached hydrogens (tertiary/aromatic N) is 2. The van der Waals surface area contributed by atoms with E-state index in [-0.39, 0.29) is 17.5 Å². The molecule has 0 aliphatic rings. The third-order valence-electron chi connectivity index (χ3n) is 3.06. The highest BCUT2D eigenvalue weighted by atomic mass is 16.3. The summed E-state index contributed by atoms with van der Waals surface area (Å²) in [7, 11) is 3.85. The summed E-state index contributed by atoms with van der Waals surface area (Å²) >= 11 is 0. The highest BCUT2D eigenvalue weighted by molar-refractivity contribution is 5.65. The number of phenolic OH excluding ortho intramolecular Hbond substituents is 2. The lowest BCUT2D eigenvalue weighted by Gasteiger charge is -2.21. The fourth-order valence-electron chi connectivity index (χ4n) is 2.08. The average molecular weight is 273 g/mol. The molecular formula is C15H19N3O2. The molecule has 0 radical (unpaired) electrons. The molecule has 1 aromatic carbocycles. The lowest BCUT2D eigenvalue weighted by Crippen LogP contribution is -2.15. The molecule has 0 aliphatic heterocycles. The zero-order valence-corrected chi connectivity index (χ0v) is 11.8. The van der Waals surface area contributed by atoms with Crippen LogP contribution in [0, 0.1) is 0 Å². The molecule has 2 aromatic rings. The van der Waals surface area contributed by atoms with Crippen molar-refractivity contribution in [3.63, 3.8) is 0 Å². The van der Waals surface area contributed by atoms with E-state index < -0.39 is 0 Å². The quantitative estimate of drug-likeness (QED) is 0.799. The minimum atomic E-state index is -0.113. The summed E-state index contributed by atoms with van der Waals surface area (Å²) in [6.45, 7) is 1.94. The van der Waals surface area contributed by atoms with Crippen LogP contribution in [-0.2, 0) is 0 Å². The molecule has 0 fully saturated rings. The fraction of sp³-hybridized carbons (Fsp3) is 0.267. The van der Waals surface area contributed by atoms with Gasteiger partial charge in [-0.3, -0.25) is 0 Å². The molecule has 1 aromatic heterocycles. The normalized spacial score (nSPS) is 11.9. The van der Waals surface area contributed by atoms with Crippen LogP contribution >= 0.6 is 0 Å². The summed E-state index contributed by atoms with van der Waals surface area (Å²) in [5, 5.41) is 22.5. The van der Waals surface area contributed by atoms with Crippen molar-refractivity contribution >= 4 is 11.5 Å². The van der Waals surface area contributed by atoms with E-state index in [2.05, 4.69) is 10.3 Å². The molecule has 2 rings (SSSR count). The number of rotatable bonds is 4. The van der Waals surface area contributed by atoms with Gasteiger partial charge in [0.2, 0.25) is 0 Å². The maximum absolute atomic E-state index is 9.89. The van der Waals surface area contributed by atoms with E-state index in [1.165, 1.54) is 6.07 Å². The minimum absolute atomic E-state index is 0.0498. The number of aromatic hydroxyl groups is 2. The SMILES string of the molecule is CC(Nc1cccnc1N(C)C)c1ccc(O)cc1O. The minimum Gasteiger partial charge on any atom is -0.508 e. The van der Waals surface area contributed by atoms with Gasteiger partial charge in [0.25, 0.3) is 0 Å². The predicted octanol–water partition coefficient (Wildman–Crippen LogP) is 2.73. The molecule has 0 aliphatic carbocycles. The van der Waals surface area contributed by atoms with Gasteiger partial charge in [-0.15, -0.1) is 0 Å². The molecule has 0 saturated carbocycles. The van der Waals surface area contributed by atoms with Crippen molar-refractivity contribution in [1.29, 1.82) is 0 Å². The van der Waals surface area contributed by atoms with Gasteiger partial charge in [0.05, 0.1) is 11.7 Å². The van der Waals surface area contributed by atoms with Gasteiger partial charge < -0.3 is 20.4 Å². The first-order valence-corrected chi connectivity index (χ1v) is 6.40. The van der Waals surface area contributed by atoms with Gasteiger partial charge in [-0.05, 0) is 31.2 Å². The van der Waals surface area contributed by atoms with Crippen LogP contribution in [0.2, 0.25) is 0 Å². The Bertz CT molecular complexity index is 599. The molecule has 1 atom stereocenters. The number of nitrogens with one attached hydrogen (secondary N) is 1. The third-order valence-corrected chi connectivity index (χ3v) is 3.06. The van der Waals surface area contributed by atoms with Crippen LogP contribution in [-0.4, -0.2) is 29.3 Å². The van der Waals surface area contributed by atoms with E-state index in [1.807, 2.05) is 38.1 Å². The zero-order chi connectivity index (χ0) is 14.7. The Kier molecular flexibility index (Phi) is 3.98. The number of phenols is 2. The van der Waals surface area contributed by atoms with Gasteiger partial charge >= 0.3 is 0 Å². The first kappa shape index (κ1) is 14.0. The molecule has 5 nitrogen and oxygen atoms in total. The summed E-state index contributed by atoms with van der Waals surface area (Å²) in [6, 6.07) is 8.29. The van der Waals surface area contributed by atoms with Gasteiger partial charge in [-0.1, -0.05) is 0 Å². The van der Waals surface area contributed by atoms with Crippen molar-refractivity contribution in [2.75, 3.05) is 24.3 Å². The Labute approximate surface area is 118 Å². The Morgan fingerprint density at radius 1 is 1.20 bits per heavy atom. The maximum Gasteiger partial charge on any atom is 0.151 e. The summed E-state index contributed by atoms with van der Waals surface area (Å²) < 4.78 is 0. The Morgan fingerprint density at radius 2 is 1.95 bits per heavy atom. The Balaban J connectivity index is 2.26. The second-order valence-electron chi connectivity index (χ2n) is 4.88. The molecule has 106 valence electrons. The molecule has 3 N–H and O–H groups in total. The predicted molar refractivity (Wildman–Crippen MR) is 80.4 cm³/mol. The highest BCUT2D eigenvalue weighted by Gasteiger charge is 2.13. The van der Waals surface area contributed by atoms with E-state index in [1.54, 1.807) is 18.3 Å². The van der Waals surface area contributed by atoms with Crippen molar-refractivity contribution in [2.45, 2.75) is 13.0 Å². The zero-order valence-electron chi connectivity index (χ0n) is 11.8. The van der Waals surface area contributed by atoms with Crippen molar-refractivity contribution in [2.24, 2.45) is 0 Å². The van der Waals surface area contributed by atoms with Crippen molar-refractivity contribution < 1.29 is 10.2 Å². The lowest BCUT2D eigenvalue weighted by molar-refractivity contribution is 0.444. The van der Waals surface area contributed by atoms with E-state index in [0.29, 0.717) is 0 Å². The number of hydrogen-bond donors (Lipinski definition) is 3. The molecule has 1 heterocycles. The summed E-state index contributed by atoms with van der Waals surface area (Å²) in [6.07, 6.45) is 1.74. The molecule has 1 unspecified atom stereocenters. The monoisotopic (exact) mass is 273 g/mol. The van der Waals surface area contributed by atoms with E-state index >= 15 is 0 Å². The highest BCUT2D eigenvalue weighted by Crippen LogP contribution is 2.31. The lowest BCUT2D eigenvalue weighted by atomic mass is 10.1. The van der Waals surface area contributed by atoms with Gasteiger partial charge in [0.1, 0.15) is 11.5 Å². The van der Waals surface area contributed by atoms with Crippen LogP contribution in [0.25, 0.3) is 0 Å². The molecule has 0 bridgehead atoms. The molecule has 0 spiro atoms. The molecule has 5 heteroatoms. The topological polar surface area (TPSA) is 68.6 Å². The second-order valence-corrected chi connectivity index (χ2v) is 4.88. The van der Waals surface area contributed by atoms with Crippen LogP contribution < -0.4 is 10.2 Å². The summed E-state index contributed by atoms with van der Waals surface area (Å²) in [4.78, 5) is 6.24. The van der Waals surface area contributed by atoms with Gasteiger partial charge in [-0.2, -0.15) is 0 Å². The summed E-state index contributed by atoms with van der Waals surface area (Å²) in [5.74, 6) is 0.951. The standard InChI is InChI=1S/C15H19N3O2/c1-10(12-7-6-11(19)9-14(12)20)17-13-5-4-8-16-15(13)18(2)3/h4-10,17,19-20H,1-3H3. The molecule has 20 heavy (non-hydrogen) atoms. The van der Waals surface area contributed by atoms with Crippen molar-refractivity contribution in [3.05, 3.63) is 42.1 Å². The van der Waals surface area contributed by atoms with Gasteiger partial charge in [-0.25, -0.2) is 4.98 Å². The first-order valence-electron chi connectivity index (χ1n) is 6.40. The second kappa shape index (κ2) is 5.69. The fourth-order valence-corrected chi connectivity index (χ4v) is 2.08. The average Bonchev–Trinajstić information content (AvgIpc) is 2.38. The number of pyridine rings is 1. The number of anilines is 2. The van der Waals surface area contributed by atoms with Crippen LogP contribution in [0.15, 0.2) is 36.5 Å². The smallest absolute Gasteiger partial charge is 0.151 e. The van der Waals surface area contributed by atoms with Crippen LogP contribution in [0.1, 0.15) is 18.5 Å². The van der Waals surface area contributed by atoms with Crippen molar-refractivity contribution in [3.8, 4) is 11.5 Å². The molecule has 0 amide bonds. The van der Waals surface area contributed by atoms with Crippen LogP contribution in [0.3, 0.4) is 0 Å². The van der Waals surface area contributed by atoms with Crippen molar-refractivity contribution in [1.82, 2.24) is 4.98 Å². The largest absolute Gasteiger partial charge is 0.508 e. The van der Waals surface area contributed by atoms with Crippen LogP contribution in [0.4, 0.5) is 11.5 Å². The maximum atomic E-state index is 9.89. The van der Waals surface area contributed by atoms with E-state index in [0.717, 1.165) is 17.1 Å². The van der Waals surface area contributed by atoms with Crippen LogP contribution in [0.5, 0.6) is 11.5 Å². The first-order chi connectivity index (χ1) is 9.49.